The fourth-order valence-electron chi connectivity index (χ4n) is 3.36. The largest absolute Gasteiger partial charge is 0.496 e. The minimum Gasteiger partial charge on any atom is -0.496 e. The number of rotatable bonds is 6. The van der Waals surface area contributed by atoms with Gasteiger partial charge in [0.1, 0.15) is 22.9 Å². The Morgan fingerprint density at radius 1 is 1.07 bits per heavy atom. The Morgan fingerprint density at radius 2 is 1.74 bits per heavy atom. The number of aromatic nitrogens is 1. The molecule has 0 unspecified atom stereocenters. The number of carbonyl (C=O) groups is 1. The number of pyridine rings is 1. The van der Waals surface area contributed by atoms with Crippen molar-refractivity contribution in [3.63, 3.8) is 0 Å². The van der Waals surface area contributed by atoms with E-state index in [9.17, 15) is 4.79 Å². The predicted molar refractivity (Wildman–Crippen MR) is 108 cm³/mol. The van der Waals surface area contributed by atoms with Crippen LogP contribution >= 0.6 is 0 Å². The summed E-state index contributed by atoms with van der Waals surface area (Å²) in [6, 6.07) is 9.50. The van der Waals surface area contributed by atoms with Gasteiger partial charge in [-0.3, -0.25) is 4.79 Å². The number of amides is 1. The highest BCUT2D eigenvalue weighted by molar-refractivity contribution is 6.00. The van der Waals surface area contributed by atoms with Crippen LogP contribution in [0.1, 0.15) is 42.6 Å². The summed E-state index contributed by atoms with van der Waals surface area (Å²) in [5.41, 5.74) is 1.55. The molecule has 2 atom stereocenters. The molecule has 1 saturated carbocycles. The average molecular weight is 371 g/mol. The zero-order valence-electron chi connectivity index (χ0n) is 15.4. The number of carbonyl (C=O) groups excluding carboxylic acids is 1. The molecule has 0 saturated heterocycles. The molecule has 2 N–H and O–H groups in total. The van der Waals surface area contributed by atoms with Crippen LogP contribution < -0.4 is 20.1 Å². The second kappa shape index (κ2) is 9.26. The zero-order valence-corrected chi connectivity index (χ0v) is 15.4. The number of methoxy groups -OCH3 is 2. The van der Waals surface area contributed by atoms with Gasteiger partial charge in [0.25, 0.3) is 5.91 Å². The topological polar surface area (TPSA) is 72.5 Å². The summed E-state index contributed by atoms with van der Waals surface area (Å²) in [4.78, 5) is 17.3. The van der Waals surface area contributed by atoms with Gasteiger partial charge in [0, 0.05) is 18.3 Å². The van der Waals surface area contributed by atoms with E-state index in [0.717, 1.165) is 30.6 Å². The summed E-state index contributed by atoms with van der Waals surface area (Å²) in [6.45, 7) is 2.01. The van der Waals surface area contributed by atoms with E-state index in [4.69, 9.17) is 9.47 Å². The van der Waals surface area contributed by atoms with Gasteiger partial charge in [-0.15, -0.1) is 0 Å². The van der Waals surface area contributed by atoms with Crippen molar-refractivity contribution in [3.8, 4) is 11.5 Å². The first kappa shape index (κ1) is 20.6. The molecule has 27 heavy (non-hydrogen) atoms. The molecule has 0 radical (unpaired) electrons. The van der Waals surface area contributed by atoms with Crippen molar-refractivity contribution in [2.24, 2.45) is 0 Å². The number of nitrogens with zero attached hydrogens (tertiary/aromatic N) is 1. The van der Waals surface area contributed by atoms with E-state index in [0.29, 0.717) is 17.1 Å². The van der Waals surface area contributed by atoms with Crippen molar-refractivity contribution in [1.29, 1.82) is 0 Å². The Labute approximate surface area is 161 Å². The van der Waals surface area contributed by atoms with Gasteiger partial charge in [-0.25, -0.2) is 4.98 Å². The summed E-state index contributed by atoms with van der Waals surface area (Å²) in [5.74, 6) is 1.65. The molecule has 6 nitrogen and oxygen atoms in total. The van der Waals surface area contributed by atoms with Crippen molar-refractivity contribution in [2.45, 2.75) is 45.7 Å². The van der Waals surface area contributed by atoms with Crippen molar-refractivity contribution < 1.29 is 14.3 Å². The molecule has 0 bridgehead atoms. The van der Waals surface area contributed by atoms with Gasteiger partial charge in [-0.1, -0.05) is 19.6 Å². The van der Waals surface area contributed by atoms with Gasteiger partial charge in [0.15, 0.2) is 0 Å². The molecule has 1 aromatic carbocycles. The highest BCUT2D eigenvalue weighted by Gasteiger charge is 2.30. The molecule has 1 aromatic heterocycles. The molecule has 3 rings (SSSR count). The Kier molecular flexibility index (Phi) is 7.05. The van der Waals surface area contributed by atoms with Crippen LogP contribution in [0.15, 0.2) is 36.5 Å². The number of ether oxygens (including phenoxy) is 2. The van der Waals surface area contributed by atoms with Crippen LogP contribution in [0.2, 0.25) is 0 Å². The third-order valence-corrected chi connectivity index (χ3v) is 4.73. The van der Waals surface area contributed by atoms with Crippen molar-refractivity contribution in [3.05, 3.63) is 47.7 Å². The fraction of sp³-hybridized carbons (Fsp3) is 0.429. The van der Waals surface area contributed by atoms with Gasteiger partial charge in [-0.2, -0.15) is 0 Å². The zero-order chi connectivity index (χ0) is 18.5. The number of nitrogens with one attached hydrogen (secondary N) is 2. The molecule has 1 heterocycles. The van der Waals surface area contributed by atoms with Crippen LogP contribution in [-0.4, -0.2) is 37.2 Å². The van der Waals surface area contributed by atoms with Crippen LogP contribution in [0.25, 0.3) is 0 Å². The summed E-state index contributed by atoms with van der Waals surface area (Å²) < 4.78 is 10.7. The highest BCUT2D eigenvalue weighted by Crippen LogP contribution is 2.29. The molecule has 1 amide bonds. The molecule has 0 aliphatic heterocycles. The van der Waals surface area contributed by atoms with E-state index in [1.807, 2.05) is 25.3 Å². The van der Waals surface area contributed by atoms with Crippen LogP contribution in [0.4, 0.5) is 5.82 Å². The van der Waals surface area contributed by atoms with E-state index in [1.165, 1.54) is 0 Å². The molecular formula is C21H29N3O3. The standard InChI is InChI=1S/C20H25N3O3.CH4/c1-13-10-11-18(21-12-13)22-14-6-4-7-15(14)23-20(24)19-16(25-2)8-5-9-17(19)26-3;/h5,8-12,14-15H,4,6-7H2,1-3H3,(H,21,22)(H,23,24);1H4/t14-,15-;/m0./s1. The normalized spacial score (nSPS) is 18.3. The fourth-order valence-corrected chi connectivity index (χ4v) is 3.36. The monoisotopic (exact) mass is 371 g/mol. The van der Waals surface area contributed by atoms with Gasteiger partial charge in [-0.05, 0) is 49.9 Å². The van der Waals surface area contributed by atoms with Crippen molar-refractivity contribution >= 4 is 11.7 Å². The van der Waals surface area contributed by atoms with Gasteiger partial charge < -0.3 is 20.1 Å². The Bertz CT molecular complexity index is 740. The second-order valence-corrected chi connectivity index (χ2v) is 6.52. The lowest BCUT2D eigenvalue weighted by atomic mass is 10.1. The molecule has 0 spiro atoms. The SMILES string of the molecule is C.COc1cccc(OC)c1C(=O)N[C@H]1CCC[C@@H]1Nc1ccc(C)cn1. The van der Waals surface area contributed by atoms with Gasteiger partial charge in [0.05, 0.1) is 14.2 Å². The number of benzene rings is 1. The van der Waals surface area contributed by atoms with Crippen LogP contribution in [0, 0.1) is 6.92 Å². The lowest BCUT2D eigenvalue weighted by Gasteiger charge is -2.23. The minimum absolute atomic E-state index is 0. The third kappa shape index (κ3) is 4.70. The van der Waals surface area contributed by atoms with Crippen molar-refractivity contribution in [2.75, 3.05) is 19.5 Å². The highest BCUT2D eigenvalue weighted by atomic mass is 16.5. The molecule has 6 heteroatoms. The average Bonchev–Trinajstić information content (AvgIpc) is 3.09. The first-order valence-electron chi connectivity index (χ1n) is 8.83. The third-order valence-electron chi connectivity index (χ3n) is 4.73. The first-order valence-corrected chi connectivity index (χ1v) is 8.83. The Balaban J connectivity index is 0.00000261. The number of aryl methyl sites for hydroxylation is 1. The van der Waals surface area contributed by atoms with Crippen LogP contribution in [0.5, 0.6) is 11.5 Å². The smallest absolute Gasteiger partial charge is 0.259 e. The number of hydrogen-bond acceptors (Lipinski definition) is 5. The Hall–Kier alpha value is -2.76. The molecular weight excluding hydrogens is 342 g/mol. The minimum atomic E-state index is -0.185. The maximum atomic E-state index is 12.9. The Morgan fingerprint density at radius 3 is 2.33 bits per heavy atom. The van der Waals surface area contributed by atoms with E-state index in [2.05, 4.69) is 15.6 Å². The summed E-state index contributed by atoms with van der Waals surface area (Å²) >= 11 is 0. The molecule has 1 fully saturated rings. The van der Waals surface area contributed by atoms with E-state index in [-0.39, 0.29) is 25.4 Å². The van der Waals surface area contributed by atoms with Gasteiger partial charge >= 0.3 is 0 Å². The molecule has 1 aliphatic rings. The number of hydrogen-bond donors (Lipinski definition) is 2. The summed E-state index contributed by atoms with van der Waals surface area (Å²) in [6.07, 6.45) is 4.80. The molecule has 1 aliphatic carbocycles. The molecule has 146 valence electrons. The first-order chi connectivity index (χ1) is 12.6. The van der Waals surface area contributed by atoms with E-state index < -0.39 is 0 Å². The van der Waals surface area contributed by atoms with Gasteiger partial charge in [0.2, 0.25) is 0 Å². The lowest BCUT2D eigenvalue weighted by molar-refractivity contribution is 0.0929. The second-order valence-electron chi connectivity index (χ2n) is 6.52. The predicted octanol–water partition coefficient (Wildman–Crippen LogP) is 3.81. The summed E-state index contributed by atoms with van der Waals surface area (Å²) in [5, 5.41) is 6.58. The molecule has 2 aromatic rings. The number of anilines is 1. The quantitative estimate of drug-likeness (QED) is 0.808. The lowest BCUT2D eigenvalue weighted by Crippen LogP contribution is -2.43. The maximum Gasteiger partial charge on any atom is 0.259 e. The van der Waals surface area contributed by atoms with Crippen LogP contribution in [0.3, 0.4) is 0 Å². The maximum absolute atomic E-state index is 12.9. The summed E-state index contributed by atoms with van der Waals surface area (Å²) in [7, 11) is 3.10. The van der Waals surface area contributed by atoms with E-state index in [1.54, 1.807) is 32.4 Å². The van der Waals surface area contributed by atoms with Crippen molar-refractivity contribution in [1.82, 2.24) is 10.3 Å². The van der Waals surface area contributed by atoms with E-state index >= 15 is 0 Å². The van der Waals surface area contributed by atoms with Crippen LogP contribution in [-0.2, 0) is 0 Å².